The fraction of sp³-hybridized carbons (Fsp3) is 0.118. The maximum absolute atomic E-state index is 12.7. The third kappa shape index (κ3) is 3.03. The first-order valence-corrected chi connectivity index (χ1v) is 6.67. The van der Waals surface area contributed by atoms with Crippen molar-refractivity contribution in [3.8, 4) is 5.75 Å². The number of hydrogen-bond acceptors (Lipinski definition) is 2. The van der Waals surface area contributed by atoms with Crippen molar-refractivity contribution in [1.82, 2.24) is 4.98 Å². The summed E-state index contributed by atoms with van der Waals surface area (Å²) in [7, 11) is 0. The Bertz CT molecular complexity index is 794. The Morgan fingerprint density at radius 3 is 2.59 bits per heavy atom. The molecule has 3 rings (SSSR count). The van der Waals surface area contributed by atoms with Gasteiger partial charge in [-0.15, -0.1) is 0 Å². The summed E-state index contributed by atoms with van der Waals surface area (Å²) in [5.41, 5.74) is -0.0357. The summed E-state index contributed by atoms with van der Waals surface area (Å²) in [4.78, 5) is 4.25. The third-order valence-electron chi connectivity index (χ3n) is 3.29. The molecule has 5 heteroatoms. The fourth-order valence-corrected chi connectivity index (χ4v) is 2.21. The lowest BCUT2D eigenvalue weighted by Crippen LogP contribution is -2.05. The Morgan fingerprint density at radius 1 is 0.955 bits per heavy atom. The first-order valence-electron chi connectivity index (χ1n) is 6.67. The van der Waals surface area contributed by atoms with E-state index in [2.05, 4.69) is 4.98 Å². The summed E-state index contributed by atoms with van der Waals surface area (Å²) in [6.45, 7) is 0.114. The minimum atomic E-state index is -4.38. The van der Waals surface area contributed by atoms with Crippen LogP contribution in [-0.2, 0) is 12.8 Å². The van der Waals surface area contributed by atoms with Gasteiger partial charge < -0.3 is 4.74 Å². The average molecular weight is 303 g/mol. The number of pyridine rings is 1. The highest BCUT2D eigenvalue weighted by Gasteiger charge is 2.30. The van der Waals surface area contributed by atoms with Gasteiger partial charge in [0.1, 0.15) is 12.4 Å². The van der Waals surface area contributed by atoms with E-state index < -0.39 is 11.7 Å². The van der Waals surface area contributed by atoms with E-state index in [1.807, 2.05) is 30.3 Å². The van der Waals surface area contributed by atoms with Gasteiger partial charge in [0.25, 0.3) is 0 Å². The van der Waals surface area contributed by atoms with Crippen LogP contribution in [0.5, 0.6) is 5.75 Å². The molecule has 0 amide bonds. The Balaban J connectivity index is 1.83. The van der Waals surface area contributed by atoms with Crippen molar-refractivity contribution in [3.63, 3.8) is 0 Å². The molecule has 0 N–H and O–H groups in total. The number of fused-ring (bicyclic) bond motifs is 1. The summed E-state index contributed by atoms with van der Waals surface area (Å²) in [6, 6.07) is 14.4. The third-order valence-corrected chi connectivity index (χ3v) is 3.29. The molecule has 22 heavy (non-hydrogen) atoms. The number of benzene rings is 2. The molecule has 0 saturated heterocycles. The van der Waals surface area contributed by atoms with Crippen LogP contribution in [0.25, 0.3) is 10.8 Å². The number of rotatable bonds is 3. The van der Waals surface area contributed by atoms with E-state index in [4.69, 9.17) is 4.74 Å². The molecule has 0 aliphatic heterocycles. The fourth-order valence-electron chi connectivity index (χ4n) is 2.21. The van der Waals surface area contributed by atoms with Crippen LogP contribution in [0, 0.1) is 0 Å². The summed E-state index contributed by atoms with van der Waals surface area (Å²) < 4.78 is 43.5. The highest BCUT2D eigenvalue weighted by molar-refractivity contribution is 5.84. The largest absolute Gasteiger partial charge is 0.487 e. The molecule has 0 saturated carbocycles. The van der Waals surface area contributed by atoms with Crippen molar-refractivity contribution < 1.29 is 17.9 Å². The zero-order valence-electron chi connectivity index (χ0n) is 11.5. The molecule has 0 unspecified atom stereocenters. The zero-order valence-corrected chi connectivity index (χ0v) is 11.5. The van der Waals surface area contributed by atoms with Gasteiger partial charge >= 0.3 is 6.18 Å². The van der Waals surface area contributed by atoms with Crippen LogP contribution < -0.4 is 4.74 Å². The number of nitrogens with zero attached hydrogens (tertiary/aromatic N) is 1. The van der Waals surface area contributed by atoms with Gasteiger partial charge in [-0.05, 0) is 29.7 Å². The van der Waals surface area contributed by atoms with Crippen molar-refractivity contribution in [2.75, 3.05) is 0 Å². The highest BCUT2D eigenvalue weighted by atomic mass is 19.4. The average Bonchev–Trinajstić information content (AvgIpc) is 2.52. The van der Waals surface area contributed by atoms with E-state index in [0.717, 1.165) is 22.9 Å². The Labute approximate surface area is 125 Å². The molecule has 0 aliphatic carbocycles. The summed E-state index contributed by atoms with van der Waals surface area (Å²) in [5, 5.41) is 1.94. The minimum Gasteiger partial charge on any atom is -0.487 e. The second kappa shape index (κ2) is 5.67. The number of ether oxygens (including phenoxy) is 1. The molecular formula is C17H12F3NO. The van der Waals surface area contributed by atoms with Crippen LogP contribution >= 0.6 is 0 Å². The van der Waals surface area contributed by atoms with E-state index in [1.54, 1.807) is 6.20 Å². The molecule has 0 bridgehead atoms. The monoisotopic (exact) mass is 303 g/mol. The predicted molar refractivity (Wildman–Crippen MR) is 77.5 cm³/mol. The molecule has 112 valence electrons. The lowest BCUT2D eigenvalue weighted by atomic mass is 10.1. The second-order valence-corrected chi connectivity index (χ2v) is 4.79. The van der Waals surface area contributed by atoms with Gasteiger partial charge in [0, 0.05) is 11.6 Å². The van der Waals surface area contributed by atoms with Crippen molar-refractivity contribution in [1.29, 1.82) is 0 Å². The lowest BCUT2D eigenvalue weighted by Gasteiger charge is -2.11. The van der Waals surface area contributed by atoms with Crippen molar-refractivity contribution >= 4 is 10.8 Å². The number of hydrogen-bond donors (Lipinski definition) is 0. The highest BCUT2D eigenvalue weighted by Crippen LogP contribution is 2.31. The van der Waals surface area contributed by atoms with Crippen LogP contribution in [0.15, 0.2) is 60.8 Å². The van der Waals surface area contributed by atoms with Gasteiger partial charge in [0.2, 0.25) is 0 Å². The molecule has 1 aromatic heterocycles. The number of halogens is 3. The lowest BCUT2D eigenvalue weighted by molar-refractivity contribution is -0.137. The van der Waals surface area contributed by atoms with E-state index in [9.17, 15) is 13.2 Å². The first kappa shape index (κ1) is 14.4. The molecule has 0 atom stereocenters. The maximum Gasteiger partial charge on any atom is 0.416 e. The van der Waals surface area contributed by atoms with E-state index in [-0.39, 0.29) is 12.4 Å². The van der Waals surface area contributed by atoms with Crippen LogP contribution in [0.1, 0.15) is 11.3 Å². The second-order valence-electron chi connectivity index (χ2n) is 4.79. The molecule has 0 fully saturated rings. The van der Waals surface area contributed by atoms with E-state index >= 15 is 0 Å². The first-order chi connectivity index (χ1) is 10.5. The van der Waals surface area contributed by atoms with Crippen LogP contribution in [0.2, 0.25) is 0 Å². The van der Waals surface area contributed by atoms with E-state index in [1.165, 1.54) is 12.1 Å². The van der Waals surface area contributed by atoms with Crippen molar-refractivity contribution in [2.24, 2.45) is 0 Å². The molecular weight excluding hydrogens is 291 g/mol. The standard InChI is InChI=1S/C17H12F3NO/c18-17(19,20)13-5-3-6-14(10-13)22-11-16-15-7-2-1-4-12(15)8-9-21-16/h1-10H,11H2. The molecule has 2 nitrogen and oxygen atoms in total. The van der Waals surface area contributed by atoms with Gasteiger partial charge in [-0.3, -0.25) is 4.98 Å². The van der Waals surface area contributed by atoms with Crippen molar-refractivity contribution in [2.45, 2.75) is 12.8 Å². The van der Waals surface area contributed by atoms with Gasteiger partial charge in [-0.1, -0.05) is 30.3 Å². The van der Waals surface area contributed by atoms with E-state index in [0.29, 0.717) is 5.69 Å². The molecule has 2 aromatic carbocycles. The van der Waals surface area contributed by atoms with Crippen LogP contribution in [-0.4, -0.2) is 4.98 Å². The van der Waals surface area contributed by atoms with Crippen molar-refractivity contribution in [3.05, 3.63) is 72.1 Å². The topological polar surface area (TPSA) is 22.1 Å². The number of alkyl halides is 3. The maximum atomic E-state index is 12.7. The van der Waals surface area contributed by atoms with Gasteiger partial charge in [-0.25, -0.2) is 0 Å². The molecule has 0 radical (unpaired) electrons. The smallest absolute Gasteiger partial charge is 0.416 e. The van der Waals surface area contributed by atoms with Gasteiger partial charge in [0.05, 0.1) is 11.3 Å². The van der Waals surface area contributed by atoms with Crippen LogP contribution in [0.4, 0.5) is 13.2 Å². The molecule has 1 heterocycles. The summed E-state index contributed by atoms with van der Waals surface area (Å²) in [6.07, 6.45) is -2.72. The van der Waals surface area contributed by atoms with Gasteiger partial charge in [0.15, 0.2) is 0 Å². The Hall–Kier alpha value is -2.56. The molecule has 0 spiro atoms. The SMILES string of the molecule is FC(F)(F)c1cccc(OCc2nccc3ccccc23)c1. The minimum absolute atomic E-state index is 0.114. The normalized spacial score (nSPS) is 11.6. The van der Waals surface area contributed by atoms with Gasteiger partial charge in [-0.2, -0.15) is 13.2 Å². The zero-order chi connectivity index (χ0) is 15.6. The quantitative estimate of drug-likeness (QED) is 0.691. The Kier molecular flexibility index (Phi) is 3.71. The van der Waals surface area contributed by atoms with Crippen LogP contribution in [0.3, 0.4) is 0 Å². The predicted octanol–water partition coefficient (Wildman–Crippen LogP) is 4.83. The molecule has 0 aliphatic rings. The summed E-state index contributed by atoms with van der Waals surface area (Å²) >= 11 is 0. The number of aromatic nitrogens is 1. The Morgan fingerprint density at radius 2 is 1.77 bits per heavy atom. The molecule has 3 aromatic rings. The summed E-state index contributed by atoms with van der Waals surface area (Å²) in [5.74, 6) is 0.171.